The first-order valence-corrected chi connectivity index (χ1v) is 7.95. The van der Waals surface area contributed by atoms with E-state index >= 15 is 0 Å². The molecule has 0 fully saturated rings. The fourth-order valence-electron chi connectivity index (χ4n) is 2.63. The smallest absolute Gasteiger partial charge is 0.177 e. The predicted molar refractivity (Wildman–Crippen MR) is 89.6 cm³/mol. The van der Waals surface area contributed by atoms with Gasteiger partial charge in [-0.25, -0.2) is 4.52 Å². The molecule has 114 valence electrons. The lowest BCUT2D eigenvalue weighted by Gasteiger charge is -2.02. The minimum Gasteiger partial charge on any atom is -0.326 e. The Bertz CT molecular complexity index is 975. The highest BCUT2D eigenvalue weighted by atomic mass is 32.1. The van der Waals surface area contributed by atoms with Crippen LogP contribution in [0.25, 0.3) is 27.2 Å². The van der Waals surface area contributed by atoms with Crippen molar-refractivity contribution in [2.75, 3.05) is 0 Å². The van der Waals surface area contributed by atoms with Gasteiger partial charge in [-0.1, -0.05) is 6.07 Å². The quantitative estimate of drug-likeness (QED) is 0.625. The van der Waals surface area contributed by atoms with Crippen molar-refractivity contribution in [3.8, 4) is 21.7 Å². The van der Waals surface area contributed by atoms with E-state index in [4.69, 9.17) is 5.73 Å². The summed E-state index contributed by atoms with van der Waals surface area (Å²) in [6, 6.07) is 11.1. The monoisotopic (exact) mass is 324 g/mol. The standard InChI is InChI=1S/C17H13FN4S/c18-15-4-3-14(23-15)17-16(12-5-7-20-8-6-12)13-2-1-11(9-19)10-22(13)21-17/h1-8,10H,9,19H2. The summed E-state index contributed by atoms with van der Waals surface area (Å²) in [7, 11) is 0. The summed E-state index contributed by atoms with van der Waals surface area (Å²) in [6.45, 7) is 0.448. The molecule has 0 amide bonds. The van der Waals surface area contributed by atoms with E-state index in [0.717, 1.165) is 44.1 Å². The summed E-state index contributed by atoms with van der Waals surface area (Å²) in [6.07, 6.45) is 5.39. The third-order valence-electron chi connectivity index (χ3n) is 3.70. The van der Waals surface area contributed by atoms with Gasteiger partial charge in [-0.3, -0.25) is 4.98 Å². The molecule has 4 rings (SSSR count). The molecule has 0 saturated heterocycles. The van der Waals surface area contributed by atoms with Gasteiger partial charge >= 0.3 is 0 Å². The lowest BCUT2D eigenvalue weighted by atomic mass is 10.0. The van der Waals surface area contributed by atoms with Crippen LogP contribution in [0, 0.1) is 5.13 Å². The molecule has 0 aliphatic carbocycles. The Kier molecular flexibility index (Phi) is 3.40. The fraction of sp³-hybridized carbons (Fsp3) is 0.0588. The van der Waals surface area contributed by atoms with Crippen LogP contribution < -0.4 is 5.73 Å². The van der Waals surface area contributed by atoms with Crippen molar-refractivity contribution in [3.63, 3.8) is 0 Å². The fourth-order valence-corrected chi connectivity index (χ4v) is 3.35. The zero-order valence-corrected chi connectivity index (χ0v) is 12.9. The molecule has 2 N–H and O–H groups in total. The molecule has 0 bridgehead atoms. The van der Waals surface area contributed by atoms with Crippen molar-refractivity contribution in [2.45, 2.75) is 6.54 Å². The molecule has 0 unspecified atom stereocenters. The molecule has 0 saturated carbocycles. The molecule has 0 atom stereocenters. The molecule has 4 aromatic rings. The van der Waals surface area contributed by atoms with E-state index in [1.165, 1.54) is 6.07 Å². The Morgan fingerprint density at radius 1 is 1.09 bits per heavy atom. The van der Waals surface area contributed by atoms with Crippen molar-refractivity contribution in [2.24, 2.45) is 5.73 Å². The summed E-state index contributed by atoms with van der Waals surface area (Å²) < 4.78 is 15.3. The molecule has 0 aromatic carbocycles. The second-order valence-electron chi connectivity index (χ2n) is 5.13. The zero-order chi connectivity index (χ0) is 15.8. The molecular weight excluding hydrogens is 311 g/mol. The average molecular weight is 324 g/mol. The minimum atomic E-state index is -0.222. The van der Waals surface area contributed by atoms with Gasteiger partial charge in [-0.15, -0.1) is 11.3 Å². The largest absolute Gasteiger partial charge is 0.326 e. The van der Waals surface area contributed by atoms with Crippen LogP contribution in [-0.2, 0) is 6.54 Å². The molecule has 0 spiro atoms. The zero-order valence-electron chi connectivity index (χ0n) is 12.1. The van der Waals surface area contributed by atoms with Crippen LogP contribution in [0.2, 0.25) is 0 Å². The van der Waals surface area contributed by atoms with E-state index < -0.39 is 0 Å². The van der Waals surface area contributed by atoms with E-state index in [-0.39, 0.29) is 5.13 Å². The highest BCUT2D eigenvalue weighted by Crippen LogP contribution is 2.37. The number of fused-ring (bicyclic) bond motifs is 1. The van der Waals surface area contributed by atoms with Crippen LogP contribution >= 0.6 is 11.3 Å². The van der Waals surface area contributed by atoms with Crippen LogP contribution in [-0.4, -0.2) is 14.6 Å². The maximum atomic E-state index is 13.5. The summed E-state index contributed by atoms with van der Waals surface area (Å²) in [5.74, 6) is 0. The van der Waals surface area contributed by atoms with Gasteiger partial charge in [0.2, 0.25) is 0 Å². The van der Waals surface area contributed by atoms with Crippen molar-refractivity contribution < 1.29 is 4.39 Å². The van der Waals surface area contributed by atoms with Gasteiger partial charge in [-0.2, -0.15) is 9.49 Å². The number of rotatable bonds is 3. The summed E-state index contributed by atoms with van der Waals surface area (Å²) in [5, 5.41) is 4.44. The lowest BCUT2D eigenvalue weighted by molar-refractivity contribution is 0.657. The number of nitrogens with two attached hydrogens (primary N) is 1. The van der Waals surface area contributed by atoms with Crippen LogP contribution in [0.4, 0.5) is 4.39 Å². The highest BCUT2D eigenvalue weighted by Gasteiger charge is 2.18. The Labute approximate surface area is 136 Å². The summed E-state index contributed by atoms with van der Waals surface area (Å²) in [5.41, 5.74) is 10.4. The van der Waals surface area contributed by atoms with Gasteiger partial charge < -0.3 is 5.73 Å². The van der Waals surface area contributed by atoms with Crippen molar-refractivity contribution in [3.05, 3.63) is 65.7 Å². The maximum Gasteiger partial charge on any atom is 0.177 e. The number of aromatic nitrogens is 3. The number of thiophene rings is 1. The van der Waals surface area contributed by atoms with E-state index in [9.17, 15) is 4.39 Å². The van der Waals surface area contributed by atoms with E-state index in [1.807, 2.05) is 35.0 Å². The Balaban J connectivity index is 2.04. The van der Waals surface area contributed by atoms with Gasteiger partial charge in [-0.05, 0) is 41.5 Å². The first-order valence-electron chi connectivity index (χ1n) is 7.13. The Morgan fingerprint density at radius 2 is 1.91 bits per heavy atom. The first kappa shape index (κ1) is 14.0. The Hall–Kier alpha value is -2.57. The summed E-state index contributed by atoms with van der Waals surface area (Å²) >= 11 is 1.09. The van der Waals surface area contributed by atoms with Gasteiger partial charge in [0, 0.05) is 30.7 Å². The molecule has 4 nitrogen and oxygen atoms in total. The third-order valence-corrected chi connectivity index (χ3v) is 4.58. The SMILES string of the molecule is NCc1ccc2c(-c3ccncc3)c(-c3ccc(F)s3)nn2c1. The van der Waals surface area contributed by atoms with Gasteiger partial charge in [0.1, 0.15) is 5.69 Å². The highest BCUT2D eigenvalue weighted by molar-refractivity contribution is 7.13. The van der Waals surface area contributed by atoms with Crippen LogP contribution in [0.1, 0.15) is 5.56 Å². The topological polar surface area (TPSA) is 56.2 Å². The average Bonchev–Trinajstić information content (AvgIpc) is 3.18. The van der Waals surface area contributed by atoms with Gasteiger partial charge in [0.05, 0.1) is 10.4 Å². The number of pyridine rings is 2. The molecular formula is C17H13FN4S. The number of hydrogen-bond acceptors (Lipinski definition) is 4. The Morgan fingerprint density at radius 3 is 2.61 bits per heavy atom. The lowest BCUT2D eigenvalue weighted by Crippen LogP contribution is -1.98. The molecule has 0 aliphatic heterocycles. The molecule has 23 heavy (non-hydrogen) atoms. The maximum absolute atomic E-state index is 13.5. The number of halogens is 1. The second kappa shape index (κ2) is 5.57. The van der Waals surface area contributed by atoms with E-state index in [0.29, 0.717) is 6.54 Å². The number of nitrogens with zero attached hydrogens (tertiary/aromatic N) is 3. The van der Waals surface area contributed by atoms with Crippen molar-refractivity contribution >= 4 is 16.9 Å². The third kappa shape index (κ3) is 2.42. The second-order valence-corrected chi connectivity index (χ2v) is 6.17. The first-order chi connectivity index (χ1) is 11.3. The van der Waals surface area contributed by atoms with E-state index in [2.05, 4.69) is 10.1 Å². The molecule has 6 heteroatoms. The van der Waals surface area contributed by atoms with Crippen LogP contribution in [0.15, 0.2) is 55.0 Å². The minimum absolute atomic E-state index is 0.222. The van der Waals surface area contributed by atoms with Crippen molar-refractivity contribution in [1.82, 2.24) is 14.6 Å². The van der Waals surface area contributed by atoms with Crippen molar-refractivity contribution in [1.29, 1.82) is 0 Å². The summed E-state index contributed by atoms with van der Waals surface area (Å²) in [4.78, 5) is 4.87. The molecule has 4 heterocycles. The number of hydrogen-bond donors (Lipinski definition) is 1. The van der Waals surface area contributed by atoms with Gasteiger partial charge in [0.25, 0.3) is 0 Å². The molecule has 4 aromatic heterocycles. The van der Waals surface area contributed by atoms with E-state index in [1.54, 1.807) is 18.5 Å². The predicted octanol–water partition coefficient (Wildman–Crippen LogP) is 3.72. The van der Waals surface area contributed by atoms with Gasteiger partial charge in [0.15, 0.2) is 5.13 Å². The van der Waals surface area contributed by atoms with Crippen LogP contribution in [0.3, 0.4) is 0 Å². The molecule has 0 radical (unpaired) electrons. The molecule has 0 aliphatic rings. The van der Waals surface area contributed by atoms with Crippen LogP contribution in [0.5, 0.6) is 0 Å². The normalized spacial score (nSPS) is 11.2.